The smallest absolute Gasteiger partial charge is 0.335 e. The molecule has 134 valence electrons. The molecule has 0 saturated heterocycles. The van der Waals surface area contributed by atoms with E-state index >= 15 is 0 Å². The number of aromatic carboxylic acids is 1. The number of carbonyl (C=O) groups is 1. The molecule has 0 aromatic heterocycles. The third-order valence-corrected chi connectivity index (χ3v) is 5.27. The van der Waals surface area contributed by atoms with Crippen molar-refractivity contribution in [1.29, 1.82) is 0 Å². The summed E-state index contributed by atoms with van der Waals surface area (Å²) < 4.78 is 26.3. The highest BCUT2D eigenvalue weighted by Gasteiger charge is 2.09. The molecule has 0 unspecified atom stereocenters. The van der Waals surface area contributed by atoms with Crippen LogP contribution >= 0.6 is 0 Å². The fourth-order valence-electron chi connectivity index (χ4n) is 2.41. The molecule has 0 atom stereocenters. The molecule has 0 heterocycles. The molecule has 25 heavy (non-hydrogen) atoms. The van der Waals surface area contributed by atoms with Gasteiger partial charge in [0.2, 0.25) is 10.0 Å². The van der Waals surface area contributed by atoms with Gasteiger partial charge in [-0.15, -0.1) is 0 Å². The fourth-order valence-corrected chi connectivity index (χ4v) is 3.67. The van der Waals surface area contributed by atoms with Gasteiger partial charge in [-0.3, -0.25) is 4.72 Å². The second-order valence-electron chi connectivity index (χ2n) is 5.97. The minimum atomic E-state index is -3.27. The van der Waals surface area contributed by atoms with E-state index in [1.807, 2.05) is 31.2 Å². The van der Waals surface area contributed by atoms with Crippen LogP contribution in [-0.4, -0.2) is 25.2 Å². The average Bonchev–Trinajstić information content (AvgIpc) is 2.59. The Morgan fingerprint density at radius 3 is 1.96 bits per heavy atom. The van der Waals surface area contributed by atoms with Gasteiger partial charge in [-0.1, -0.05) is 37.6 Å². The lowest BCUT2D eigenvalue weighted by molar-refractivity contribution is 0.0697. The summed E-state index contributed by atoms with van der Waals surface area (Å²) in [6.45, 7) is 1.96. The molecular weight excluding hydrogens is 338 g/mol. The van der Waals surface area contributed by atoms with E-state index in [0.717, 1.165) is 30.4 Å². The summed E-state index contributed by atoms with van der Waals surface area (Å²) in [5.41, 5.74) is 3.02. The van der Waals surface area contributed by atoms with Gasteiger partial charge in [-0.05, 0) is 54.7 Å². The van der Waals surface area contributed by atoms with Crippen molar-refractivity contribution >= 4 is 21.7 Å². The van der Waals surface area contributed by atoms with Crippen LogP contribution in [0.3, 0.4) is 0 Å². The minimum absolute atomic E-state index is 0.136. The molecule has 2 N–H and O–H groups in total. The van der Waals surface area contributed by atoms with E-state index in [9.17, 15) is 13.2 Å². The van der Waals surface area contributed by atoms with Crippen LogP contribution < -0.4 is 4.72 Å². The van der Waals surface area contributed by atoms with E-state index in [1.54, 1.807) is 24.3 Å². The number of carboxylic acids is 1. The first-order valence-corrected chi connectivity index (χ1v) is 9.96. The maximum absolute atomic E-state index is 11.9. The van der Waals surface area contributed by atoms with Crippen molar-refractivity contribution in [2.24, 2.45) is 0 Å². The molecule has 5 nitrogen and oxygen atoms in total. The van der Waals surface area contributed by atoms with Crippen molar-refractivity contribution in [3.05, 3.63) is 65.2 Å². The van der Waals surface area contributed by atoms with Gasteiger partial charge in [0, 0.05) is 5.69 Å². The lowest BCUT2D eigenvalue weighted by Crippen LogP contribution is -2.16. The Bertz CT molecular complexity index is 796. The number of hydrogen-bond acceptors (Lipinski definition) is 3. The third kappa shape index (κ3) is 6.23. The number of rotatable bonds is 9. The Morgan fingerprint density at radius 1 is 0.960 bits per heavy atom. The van der Waals surface area contributed by atoms with Crippen molar-refractivity contribution < 1.29 is 18.3 Å². The van der Waals surface area contributed by atoms with Gasteiger partial charge in [-0.25, -0.2) is 13.2 Å². The van der Waals surface area contributed by atoms with Crippen molar-refractivity contribution in [3.8, 4) is 0 Å². The van der Waals surface area contributed by atoms with Crippen molar-refractivity contribution in [1.82, 2.24) is 0 Å². The van der Waals surface area contributed by atoms with Crippen LogP contribution in [0.4, 0.5) is 5.69 Å². The quantitative estimate of drug-likeness (QED) is 0.713. The molecule has 0 fully saturated rings. The maximum atomic E-state index is 11.9. The third-order valence-electron chi connectivity index (χ3n) is 3.90. The molecule has 0 bridgehead atoms. The standard InChI is InChI=1S/C19H23NO4S/c1-2-3-14-25(23,24)20-18-12-8-16(9-13-18)5-4-15-6-10-17(11-7-15)19(21)22/h6-13,20H,2-5,14H2,1H3,(H,21,22). The number of benzene rings is 2. The second kappa shape index (κ2) is 8.67. The molecule has 0 aliphatic heterocycles. The van der Waals surface area contributed by atoms with Gasteiger partial charge in [0.15, 0.2) is 0 Å². The maximum Gasteiger partial charge on any atom is 0.335 e. The van der Waals surface area contributed by atoms with Crippen LogP contribution in [0.5, 0.6) is 0 Å². The van der Waals surface area contributed by atoms with Crippen molar-refractivity contribution in [2.75, 3.05) is 10.5 Å². The van der Waals surface area contributed by atoms with E-state index in [1.165, 1.54) is 0 Å². The topological polar surface area (TPSA) is 83.5 Å². The minimum Gasteiger partial charge on any atom is -0.478 e. The summed E-state index contributed by atoms with van der Waals surface area (Å²) in [6, 6.07) is 14.2. The second-order valence-corrected chi connectivity index (χ2v) is 7.82. The fraction of sp³-hybridized carbons (Fsp3) is 0.316. The molecule has 6 heteroatoms. The van der Waals surface area contributed by atoms with Crippen LogP contribution in [0.2, 0.25) is 0 Å². The molecule has 2 aromatic rings. The summed E-state index contributed by atoms with van der Waals surface area (Å²) in [6.07, 6.45) is 3.08. The zero-order valence-corrected chi connectivity index (χ0v) is 15.1. The van der Waals surface area contributed by atoms with Crippen molar-refractivity contribution in [3.63, 3.8) is 0 Å². The molecule has 0 radical (unpaired) electrons. The normalized spacial score (nSPS) is 11.2. The number of sulfonamides is 1. The van der Waals surface area contributed by atoms with Gasteiger partial charge in [0.25, 0.3) is 0 Å². The van der Waals surface area contributed by atoms with E-state index in [-0.39, 0.29) is 11.3 Å². The van der Waals surface area contributed by atoms with Gasteiger partial charge < -0.3 is 5.11 Å². The SMILES string of the molecule is CCCCS(=O)(=O)Nc1ccc(CCc2ccc(C(=O)O)cc2)cc1. The largest absolute Gasteiger partial charge is 0.478 e. The molecule has 0 aliphatic rings. The van der Waals surface area contributed by atoms with Crippen LogP contribution in [0.25, 0.3) is 0 Å². The average molecular weight is 361 g/mol. The summed E-state index contributed by atoms with van der Waals surface area (Å²) >= 11 is 0. The molecule has 0 amide bonds. The van der Waals surface area contributed by atoms with Crippen molar-refractivity contribution in [2.45, 2.75) is 32.6 Å². The zero-order valence-electron chi connectivity index (χ0n) is 14.2. The first kappa shape index (κ1) is 19.0. The Balaban J connectivity index is 1.90. The molecule has 2 aromatic carbocycles. The Labute approximate surface area is 148 Å². The number of unbranched alkanes of at least 4 members (excludes halogenated alkanes) is 1. The van der Waals surface area contributed by atoms with Gasteiger partial charge in [0.05, 0.1) is 11.3 Å². The summed E-state index contributed by atoms with van der Waals surface area (Å²) in [7, 11) is -3.27. The Hall–Kier alpha value is -2.34. The van der Waals surface area contributed by atoms with E-state index in [0.29, 0.717) is 12.1 Å². The highest BCUT2D eigenvalue weighted by Crippen LogP contribution is 2.14. The van der Waals surface area contributed by atoms with E-state index in [2.05, 4.69) is 4.72 Å². The number of aryl methyl sites for hydroxylation is 2. The van der Waals surface area contributed by atoms with Crippen LogP contribution in [0.15, 0.2) is 48.5 Å². The summed E-state index contributed by atoms with van der Waals surface area (Å²) in [4.78, 5) is 10.8. The predicted molar refractivity (Wildman–Crippen MR) is 99.6 cm³/mol. The monoisotopic (exact) mass is 361 g/mol. The number of anilines is 1. The number of nitrogens with one attached hydrogen (secondary N) is 1. The first-order valence-electron chi connectivity index (χ1n) is 8.31. The molecule has 2 rings (SSSR count). The Morgan fingerprint density at radius 2 is 1.48 bits per heavy atom. The zero-order chi connectivity index (χ0) is 18.3. The van der Waals surface area contributed by atoms with Crippen LogP contribution in [-0.2, 0) is 22.9 Å². The lowest BCUT2D eigenvalue weighted by Gasteiger charge is -2.08. The van der Waals surface area contributed by atoms with Gasteiger partial charge in [0.1, 0.15) is 0 Å². The molecule has 0 aliphatic carbocycles. The van der Waals surface area contributed by atoms with Crippen LogP contribution in [0, 0.1) is 0 Å². The summed E-state index contributed by atoms with van der Waals surface area (Å²) in [5.74, 6) is -0.791. The molecule has 0 saturated carbocycles. The number of hydrogen-bond donors (Lipinski definition) is 2. The van der Waals surface area contributed by atoms with Gasteiger partial charge >= 0.3 is 5.97 Å². The van der Waals surface area contributed by atoms with Gasteiger partial charge in [-0.2, -0.15) is 0 Å². The highest BCUT2D eigenvalue weighted by molar-refractivity contribution is 7.92. The lowest BCUT2D eigenvalue weighted by atomic mass is 10.0. The highest BCUT2D eigenvalue weighted by atomic mass is 32.2. The summed E-state index contributed by atoms with van der Waals surface area (Å²) in [5, 5.41) is 8.89. The molecular formula is C19H23NO4S. The number of carboxylic acid groups (broad SMARTS) is 1. The first-order chi connectivity index (χ1) is 11.9. The van der Waals surface area contributed by atoms with Crippen LogP contribution in [0.1, 0.15) is 41.3 Å². The molecule has 0 spiro atoms. The van der Waals surface area contributed by atoms with E-state index < -0.39 is 16.0 Å². The predicted octanol–water partition coefficient (Wildman–Crippen LogP) is 3.71. The Kier molecular flexibility index (Phi) is 6.58. The van der Waals surface area contributed by atoms with E-state index in [4.69, 9.17) is 5.11 Å².